The minimum absolute atomic E-state index is 0.0742. The Labute approximate surface area is 179 Å². The molecule has 0 bridgehead atoms. The molecule has 1 aromatic heterocycles. The van der Waals surface area contributed by atoms with Gasteiger partial charge in [0.2, 0.25) is 0 Å². The zero-order valence-electron chi connectivity index (χ0n) is 17.4. The van der Waals surface area contributed by atoms with Crippen molar-refractivity contribution in [2.75, 3.05) is 12.1 Å². The van der Waals surface area contributed by atoms with Crippen LogP contribution in [0.1, 0.15) is 27.3 Å². The summed E-state index contributed by atoms with van der Waals surface area (Å²) in [6, 6.07) is 17.9. The summed E-state index contributed by atoms with van der Waals surface area (Å²) in [6.07, 6.45) is 1.61. The number of carbonyl (C=O) groups excluding carboxylic acids is 3. The number of esters is 1. The number of amides is 2. The number of aryl methyl sites for hydroxylation is 1. The standard InChI is InChI=1S/C24H21N3O4/c1-15-13-18(16(2)26(15)19-11-9-17(10-12-19)24(30)31-3)14-21-22(28)25-27(23(21)29)20-7-5-4-6-8-20/h4-14H,1-3H3,(H,25,28)/b21-14-. The molecule has 156 valence electrons. The predicted octanol–water partition coefficient (Wildman–Crippen LogP) is 3.34. The first-order valence-electron chi connectivity index (χ1n) is 9.70. The van der Waals surface area contributed by atoms with Gasteiger partial charge in [-0.1, -0.05) is 18.2 Å². The summed E-state index contributed by atoms with van der Waals surface area (Å²) in [5.74, 6) is -1.24. The molecule has 31 heavy (non-hydrogen) atoms. The van der Waals surface area contributed by atoms with E-state index in [0.717, 1.165) is 22.6 Å². The van der Waals surface area contributed by atoms with Crippen molar-refractivity contribution in [1.29, 1.82) is 0 Å². The molecule has 0 saturated carbocycles. The Morgan fingerprint density at radius 2 is 1.65 bits per heavy atom. The van der Waals surface area contributed by atoms with Crippen LogP contribution in [0.2, 0.25) is 0 Å². The largest absolute Gasteiger partial charge is 0.465 e. The Bertz CT molecular complexity index is 1210. The molecule has 0 radical (unpaired) electrons. The molecule has 3 aromatic rings. The van der Waals surface area contributed by atoms with E-state index in [9.17, 15) is 14.4 Å². The lowest BCUT2D eigenvalue weighted by atomic mass is 10.1. The molecular formula is C24H21N3O4. The van der Waals surface area contributed by atoms with Gasteiger partial charge in [-0.05, 0) is 68.0 Å². The number of carbonyl (C=O) groups is 3. The third-order valence-corrected chi connectivity index (χ3v) is 5.22. The van der Waals surface area contributed by atoms with Crippen molar-refractivity contribution >= 4 is 29.5 Å². The van der Waals surface area contributed by atoms with Gasteiger partial charge in [0.05, 0.1) is 18.4 Å². The molecule has 1 N–H and O–H groups in total. The molecule has 0 spiro atoms. The number of rotatable bonds is 4. The van der Waals surface area contributed by atoms with Crippen molar-refractivity contribution in [3.8, 4) is 5.69 Å². The van der Waals surface area contributed by atoms with Crippen LogP contribution in [0.4, 0.5) is 5.69 Å². The van der Waals surface area contributed by atoms with Gasteiger partial charge in [0, 0.05) is 17.1 Å². The molecule has 2 heterocycles. The Balaban J connectivity index is 1.67. The van der Waals surface area contributed by atoms with Crippen molar-refractivity contribution in [3.63, 3.8) is 0 Å². The normalized spacial score (nSPS) is 14.8. The van der Waals surface area contributed by atoms with E-state index in [1.54, 1.807) is 42.5 Å². The van der Waals surface area contributed by atoms with Gasteiger partial charge in [0.15, 0.2) is 0 Å². The van der Waals surface area contributed by atoms with E-state index < -0.39 is 17.8 Å². The smallest absolute Gasteiger partial charge is 0.337 e. The molecule has 0 atom stereocenters. The van der Waals surface area contributed by atoms with Gasteiger partial charge in [-0.3, -0.25) is 15.0 Å². The number of nitrogens with zero attached hydrogens (tertiary/aromatic N) is 2. The Kier molecular flexibility index (Phi) is 5.17. The minimum atomic E-state index is -0.443. The van der Waals surface area contributed by atoms with Crippen LogP contribution in [0.15, 0.2) is 66.2 Å². The molecule has 1 saturated heterocycles. The zero-order valence-corrected chi connectivity index (χ0v) is 17.4. The van der Waals surface area contributed by atoms with Gasteiger partial charge < -0.3 is 9.30 Å². The number of ether oxygens (including phenoxy) is 1. The van der Waals surface area contributed by atoms with Gasteiger partial charge >= 0.3 is 5.97 Å². The number of para-hydroxylation sites is 1. The van der Waals surface area contributed by atoms with Crippen LogP contribution in [-0.2, 0) is 14.3 Å². The summed E-state index contributed by atoms with van der Waals surface area (Å²) >= 11 is 0. The van der Waals surface area contributed by atoms with E-state index in [-0.39, 0.29) is 5.57 Å². The number of aromatic nitrogens is 1. The number of benzene rings is 2. The third kappa shape index (κ3) is 3.61. The maximum absolute atomic E-state index is 12.8. The third-order valence-electron chi connectivity index (χ3n) is 5.22. The number of hydrazine groups is 1. The van der Waals surface area contributed by atoms with E-state index in [1.807, 2.05) is 42.7 Å². The lowest BCUT2D eigenvalue weighted by molar-refractivity contribution is -0.117. The molecule has 1 fully saturated rings. The topological polar surface area (TPSA) is 80.6 Å². The molecule has 2 amide bonds. The number of hydrogen-bond donors (Lipinski definition) is 1. The second-order valence-corrected chi connectivity index (χ2v) is 7.18. The van der Waals surface area contributed by atoms with Crippen LogP contribution in [-0.4, -0.2) is 29.5 Å². The summed E-state index contributed by atoms with van der Waals surface area (Å²) in [4.78, 5) is 37.0. The van der Waals surface area contributed by atoms with Gasteiger partial charge in [0.25, 0.3) is 11.8 Å². The summed E-state index contributed by atoms with van der Waals surface area (Å²) in [5.41, 5.74) is 7.18. The first-order valence-corrected chi connectivity index (χ1v) is 9.70. The van der Waals surface area contributed by atoms with Crippen molar-refractivity contribution in [3.05, 3.63) is 88.8 Å². The molecule has 4 rings (SSSR count). The maximum Gasteiger partial charge on any atom is 0.337 e. The van der Waals surface area contributed by atoms with Crippen LogP contribution in [0.3, 0.4) is 0 Å². The van der Waals surface area contributed by atoms with Gasteiger partial charge in [-0.2, -0.15) is 0 Å². The second-order valence-electron chi connectivity index (χ2n) is 7.18. The summed E-state index contributed by atoms with van der Waals surface area (Å²) in [6.45, 7) is 3.86. The van der Waals surface area contributed by atoms with Crippen LogP contribution in [0.25, 0.3) is 11.8 Å². The lowest BCUT2D eigenvalue weighted by Crippen LogP contribution is -2.35. The van der Waals surface area contributed by atoms with E-state index in [0.29, 0.717) is 11.3 Å². The number of nitrogens with one attached hydrogen (secondary N) is 1. The highest BCUT2D eigenvalue weighted by Gasteiger charge is 2.34. The first kappa shape index (κ1) is 20.2. The van der Waals surface area contributed by atoms with Crippen molar-refractivity contribution in [2.24, 2.45) is 0 Å². The molecule has 0 aliphatic carbocycles. The minimum Gasteiger partial charge on any atom is -0.465 e. The van der Waals surface area contributed by atoms with Crippen LogP contribution >= 0.6 is 0 Å². The van der Waals surface area contributed by atoms with Gasteiger partial charge in [0.1, 0.15) is 5.57 Å². The fourth-order valence-corrected chi connectivity index (χ4v) is 3.67. The second kappa shape index (κ2) is 7.95. The van der Waals surface area contributed by atoms with Crippen molar-refractivity contribution in [1.82, 2.24) is 9.99 Å². The fourth-order valence-electron chi connectivity index (χ4n) is 3.67. The summed E-state index contributed by atoms with van der Waals surface area (Å²) in [5, 5.41) is 1.25. The van der Waals surface area contributed by atoms with E-state index in [1.165, 1.54) is 12.1 Å². The van der Waals surface area contributed by atoms with Gasteiger partial charge in [-0.25, -0.2) is 9.80 Å². The zero-order chi connectivity index (χ0) is 22.1. The van der Waals surface area contributed by atoms with E-state index in [4.69, 9.17) is 4.74 Å². The van der Waals surface area contributed by atoms with E-state index >= 15 is 0 Å². The number of methoxy groups -OCH3 is 1. The first-order chi connectivity index (χ1) is 14.9. The van der Waals surface area contributed by atoms with Crippen LogP contribution in [0.5, 0.6) is 0 Å². The number of hydrogen-bond acceptors (Lipinski definition) is 4. The molecular weight excluding hydrogens is 394 g/mol. The van der Waals surface area contributed by atoms with Crippen molar-refractivity contribution in [2.45, 2.75) is 13.8 Å². The Morgan fingerprint density at radius 3 is 2.29 bits per heavy atom. The van der Waals surface area contributed by atoms with Crippen molar-refractivity contribution < 1.29 is 19.1 Å². The predicted molar refractivity (Wildman–Crippen MR) is 117 cm³/mol. The average molecular weight is 415 g/mol. The lowest BCUT2D eigenvalue weighted by Gasteiger charge is -2.13. The Morgan fingerprint density at radius 1 is 0.968 bits per heavy atom. The average Bonchev–Trinajstić information content (AvgIpc) is 3.23. The molecule has 2 aromatic carbocycles. The quantitative estimate of drug-likeness (QED) is 0.403. The molecule has 7 nitrogen and oxygen atoms in total. The monoisotopic (exact) mass is 415 g/mol. The molecule has 1 aliphatic heterocycles. The highest BCUT2D eigenvalue weighted by Crippen LogP contribution is 2.26. The van der Waals surface area contributed by atoms with Crippen LogP contribution < -0.4 is 10.4 Å². The fraction of sp³-hybridized carbons (Fsp3) is 0.125. The highest BCUT2D eigenvalue weighted by atomic mass is 16.5. The molecule has 0 unspecified atom stereocenters. The molecule has 1 aliphatic rings. The highest BCUT2D eigenvalue weighted by molar-refractivity contribution is 6.31. The SMILES string of the molecule is COC(=O)c1ccc(-n2c(C)cc(/C=C3/C(=O)NN(c4ccccc4)C3=O)c2C)cc1. The van der Waals surface area contributed by atoms with E-state index in [2.05, 4.69) is 5.43 Å². The molecule has 7 heteroatoms. The van der Waals surface area contributed by atoms with Crippen LogP contribution in [0, 0.1) is 13.8 Å². The number of anilines is 1. The summed E-state index contributed by atoms with van der Waals surface area (Å²) in [7, 11) is 1.34. The Hall–Kier alpha value is -4.13. The van der Waals surface area contributed by atoms with Gasteiger partial charge in [-0.15, -0.1) is 0 Å². The summed E-state index contributed by atoms with van der Waals surface area (Å²) < 4.78 is 6.74. The maximum atomic E-state index is 12.8.